The highest BCUT2D eigenvalue weighted by atomic mass is 32.2. The van der Waals surface area contributed by atoms with Gasteiger partial charge in [0.1, 0.15) is 0 Å². The third-order valence-corrected chi connectivity index (χ3v) is 6.09. The normalized spacial score (nSPS) is 26.0. The summed E-state index contributed by atoms with van der Waals surface area (Å²) in [4.78, 5) is 11.2. The van der Waals surface area contributed by atoms with Gasteiger partial charge in [-0.3, -0.25) is 4.79 Å². The van der Waals surface area contributed by atoms with Crippen LogP contribution < -0.4 is 0 Å². The number of rotatable bonds is 7. The molecule has 1 heterocycles. The summed E-state index contributed by atoms with van der Waals surface area (Å²) in [6.45, 7) is 6.11. The Labute approximate surface area is 127 Å². The summed E-state index contributed by atoms with van der Waals surface area (Å²) in [5.74, 6) is -1.29. The number of carboxylic acids is 1. The summed E-state index contributed by atoms with van der Waals surface area (Å²) in [5.41, 5.74) is 0. The van der Waals surface area contributed by atoms with E-state index >= 15 is 0 Å². The lowest BCUT2D eigenvalue weighted by molar-refractivity contribution is -0.144. The molecule has 124 valence electrons. The Morgan fingerprint density at radius 1 is 1.43 bits per heavy atom. The number of methoxy groups -OCH3 is 1. The Bertz CT molecular complexity index is 448. The fourth-order valence-electron chi connectivity index (χ4n) is 2.92. The van der Waals surface area contributed by atoms with E-state index in [9.17, 15) is 18.3 Å². The number of nitrogens with zero attached hydrogens (tertiary/aromatic N) is 1. The van der Waals surface area contributed by atoms with Crippen molar-refractivity contribution in [1.82, 2.24) is 4.31 Å². The number of hydrogen-bond donors (Lipinski definition) is 1. The minimum atomic E-state index is -3.51. The second-order valence-corrected chi connectivity index (χ2v) is 8.17. The van der Waals surface area contributed by atoms with Gasteiger partial charge in [-0.05, 0) is 32.1 Å². The predicted octanol–water partition coefficient (Wildman–Crippen LogP) is 1.56. The van der Waals surface area contributed by atoms with Crippen molar-refractivity contribution < 1.29 is 23.1 Å². The van der Waals surface area contributed by atoms with Crippen molar-refractivity contribution in [3.05, 3.63) is 0 Å². The average molecular weight is 321 g/mol. The van der Waals surface area contributed by atoms with Crippen LogP contribution >= 0.6 is 0 Å². The molecule has 1 unspecified atom stereocenters. The quantitative estimate of drug-likeness (QED) is 0.769. The molecular formula is C14H27NO5S. The highest BCUT2D eigenvalue weighted by Crippen LogP contribution is 2.27. The maximum Gasteiger partial charge on any atom is 0.308 e. The zero-order valence-electron chi connectivity index (χ0n) is 13.3. The molecular weight excluding hydrogens is 294 g/mol. The highest BCUT2D eigenvalue weighted by molar-refractivity contribution is 7.89. The molecule has 0 saturated carbocycles. The Kier molecular flexibility index (Phi) is 6.62. The molecule has 0 amide bonds. The summed E-state index contributed by atoms with van der Waals surface area (Å²) in [6.07, 6.45) is 1.43. The van der Waals surface area contributed by atoms with Crippen molar-refractivity contribution in [1.29, 1.82) is 0 Å². The van der Waals surface area contributed by atoms with Crippen molar-refractivity contribution in [2.24, 2.45) is 11.8 Å². The molecule has 1 fully saturated rings. The van der Waals surface area contributed by atoms with E-state index < -0.39 is 28.0 Å². The molecule has 1 saturated heterocycles. The van der Waals surface area contributed by atoms with E-state index in [1.807, 2.05) is 13.8 Å². The Balaban J connectivity index is 2.83. The molecule has 3 atom stereocenters. The lowest BCUT2D eigenvalue weighted by atomic mass is 9.92. The second kappa shape index (κ2) is 7.56. The number of hydrogen-bond acceptors (Lipinski definition) is 4. The second-order valence-electron chi connectivity index (χ2n) is 6.20. The van der Waals surface area contributed by atoms with E-state index in [4.69, 9.17) is 4.74 Å². The highest BCUT2D eigenvalue weighted by Gasteiger charge is 2.39. The van der Waals surface area contributed by atoms with Gasteiger partial charge in [0.25, 0.3) is 0 Å². The summed E-state index contributed by atoms with van der Waals surface area (Å²) in [5, 5.41) is 9.19. The first-order valence-electron chi connectivity index (χ1n) is 7.44. The molecule has 1 N–H and O–H groups in total. The monoisotopic (exact) mass is 321 g/mol. The van der Waals surface area contributed by atoms with Crippen LogP contribution in [0.25, 0.3) is 0 Å². The van der Waals surface area contributed by atoms with E-state index in [2.05, 4.69) is 0 Å². The van der Waals surface area contributed by atoms with E-state index in [0.717, 1.165) is 0 Å². The minimum absolute atomic E-state index is 0.0850. The van der Waals surface area contributed by atoms with Gasteiger partial charge in [0.2, 0.25) is 10.0 Å². The number of carbonyl (C=O) groups is 1. The van der Waals surface area contributed by atoms with Crippen LogP contribution in [0.4, 0.5) is 0 Å². The molecule has 0 spiro atoms. The van der Waals surface area contributed by atoms with Crippen molar-refractivity contribution in [2.75, 3.05) is 19.4 Å². The number of ether oxygens (including phenoxy) is 1. The molecule has 1 rings (SSSR count). The molecule has 1 aliphatic heterocycles. The third kappa shape index (κ3) is 4.93. The molecule has 0 radical (unpaired) electrons. The van der Waals surface area contributed by atoms with E-state index in [1.54, 1.807) is 6.92 Å². The minimum Gasteiger partial charge on any atom is -0.481 e. The molecule has 0 aromatic heterocycles. The number of carboxylic acid groups (broad SMARTS) is 1. The molecule has 0 bridgehead atoms. The predicted molar refractivity (Wildman–Crippen MR) is 80.6 cm³/mol. The molecule has 6 nitrogen and oxygen atoms in total. The van der Waals surface area contributed by atoms with E-state index in [1.165, 1.54) is 11.4 Å². The van der Waals surface area contributed by atoms with Crippen LogP contribution in [0.2, 0.25) is 0 Å². The number of piperidine rings is 1. The van der Waals surface area contributed by atoms with Crippen LogP contribution in [-0.2, 0) is 19.6 Å². The maximum absolute atomic E-state index is 12.6. The summed E-state index contributed by atoms with van der Waals surface area (Å²) in [6, 6.07) is -0.502. The molecule has 1 aliphatic rings. The third-order valence-electron chi connectivity index (χ3n) is 4.07. The first-order chi connectivity index (χ1) is 9.69. The average Bonchev–Trinajstić information content (AvgIpc) is 2.36. The summed E-state index contributed by atoms with van der Waals surface area (Å²) in [7, 11) is -1.99. The van der Waals surface area contributed by atoms with Crippen LogP contribution in [0.5, 0.6) is 0 Å². The Hall–Kier alpha value is -0.660. The van der Waals surface area contributed by atoms with Crippen molar-refractivity contribution >= 4 is 16.0 Å². The van der Waals surface area contributed by atoms with Gasteiger partial charge in [-0.15, -0.1) is 0 Å². The van der Waals surface area contributed by atoms with E-state index in [0.29, 0.717) is 31.7 Å². The van der Waals surface area contributed by atoms with Crippen LogP contribution in [-0.4, -0.2) is 55.4 Å². The molecule has 0 aromatic carbocycles. The lowest BCUT2D eigenvalue weighted by Crippen LogP contribution is -2.50. The smallest absolute Gasteiger partial charge is 0.308 e. The van der Waals surface area contributed by atoms with Crippen molar-refractivity contribution in [3.63, 3.8) is 0 Å². The lowest BCUT2D eigenvalue weighted by Gasteiger charge is -2.37. The van der Waals surface area contributed by atoms with Crippen molar-refractivity contribution in [3.8, 4) is 0 Å². The van der Waals surface area contributed by atoms with E-state index in [-0.39, 0.29) is 11.9 Å². The van der Waals surface area contributed by atoms with Gasteiger partial charge in [0, 0.05) is 19.7 Å². The topological polar surface area (TPSA) is 83.9 Å². The Morgan fingerprint density at radius 3 is 2.52 bits per heavy atom. The number of aliphatic carboxylic acids is 1. The van der Waals surface area contributed by atoms with Gasteiger partial charge >= 0.3 is 5.97 Å². The van der Waals surface area contributed by atoms with Gasteiger partial charge in [0.15, 0.2) is 0 Å². The van der Waals surface area contributed by atoms with Gasteiger partial charge in [-0.1, -0.05) is 13.8 Å². The fraction of sp³-hybridized carbons (Fsp3) is 0.929. The standard InChI is InChI=1S/C14H27NO5S/c1-10(2)8-12(20-4)9-21(18,19)15-7-5-6-13(11(15)3)14(16)17/h10-13H,5-9H2,1-4H3,(H,16,17)/t11-,12?,13-/m0/s1. The molecule has 0 aliphatic carbocycles. The fourth-order valence-corrected chi connectivity index (χ4v) is 4.92. The van der Waals surface area contributed by atoms with Gasteiger partial charge in [-0.2, -0.15) is 4.31 Å². The van der Waals surface area contributed by atoms with Gasteiger partial charge < -0.3 is 9.84 Å². The van der Waals surface area contributed by atoms with Crippen LogP contribution in [0.1, 0.15) is 40.0 Å². The maximum atomic E-state index is 12.6. The van der Waals surface area contributed by atoms with Crippen molar-refractivity contribution in [2.45, 2.75) is 52.2 Å². The molecule has 7 heteroatoms. The first kappa shape index (κ1) is 18.4. The SMILES string of the molecule is COC(CC(C)C)CS(=O)(=O)N1CCC[C@H](C(=O)O)[C@@H]1C. The van der Waals surface area contributed by atoms with Crippen LogP contribution in [0, 0.1) is 11.8 Å². The van der Waals surface area contributed by atoms with Crippen LogP contribution in [0.3, 0.4) is 0 Å². The Morgan fingerprint density at radius 2 is 2.05 bits per heavy atom. The summed E-state index contributed by atoms with van der Waals surface area (Å²) >= 11 is 0. The first-order valence-corrected chi connectivity index (χ1v) is 9.05. The zero-order valence-corrected chi connectivity index (χ0v) is 14.1. The van der Waals surface area contributed by atoms with Crippen LogP contribution in [0.15, 0.2) is 0 Å². The van der Waals surface area contributed by atoms with Gasteiger partial charge in [-0.25, -0.2) is 8.42 Å². The number of sulfonamides is 1. The summed E-state index contributed by atoms with van der Waals surface area (Å²) < 4.78 is 31.8. The molecule has 0 aromatic rings. The largest absolute Gasteiger partial charge is 0.481 e. The molecule has 21 heavy (non-hydrogen) atoms. The van der Waals surface area contributed by atoms with Gasteiger partial charge in [0.05, 0.1) is 17.8 Å². The zero-order chi connectivity index (χ0) is 16.2.